The van der Waals surface area contributed by atoms with Crippen molar-refractivity contribution < 1.29 is 19.1 Å². The van der Waals surface area contributed by atoms with E-state index >= 15 is 0 Å². The van der Waals surface area contributed by atoms with Crippen LogP contribution in [0.4, 0.5) is 0 Å². The molecule has 4 N–H and O–H groups in total. The number of thioether (sulfide) groups is 1. The molecule has 0 radical (unpaired) electrons. The minimum atomic E-state index is -0.841. The Morgan fingerprint density at radius 3 is 2.24 bits per heavy atom. The molecule has 1 rings (SSSR count). The number of rotatable bonds is 12. The topological polar surface area (TPSA) is 111 Å². The molecule has 1 aromatic rings. The summed E-state index contributed by atoms with van der Waals surface area (Å²) in [5.74, 6) is -0.391. The summed E-state index contributed by atoms with van der Waals surface area (Å²) in [6, 6.07) is 7.07. The Labute approximate surface area is 177 Å². The van der Waals surface area contributed by atoms with Gasteiger partial charge in [0.15, 0.2) is 0 Å². The Balaban J connectivity index is 2.86. The lowest BCUT2D eigenvalue weighted by Crippen LogP contribution is -2.55. The molecular weight excluding hydrogens is 390 g/mol. The third kappa shape index (κ3) is 9.32. The van der Waals surface area contributed by atoms with Crippen molar-refractivity contribution in [3.63, 3.8) is 0 Å². The highest BCUT2D eigenvalue weighted by Crippen LogP contribution is 2.09. The van der Waals surface area contributed by atoms with Crippen molar-refractivity contribution >= 4 is 29.5 Å². The average Bonchev–Trinajstić information content (AvgIpc) is 2.70. The van der Waals surface area contributed by atoms with Crippen molar-refractivity contribution in [1.82, 2.24) is 10.6 Å². The van der Waals surface area contributed by atoms with Crippen LogP contribution >= 0.6 is 11.8 Å². The van der Waals surface area contributed by atoms with Gasteiger partial charge in [0.25, 0.3) is 0 Å². The average molecular weight is 424 g/mol. The van der Waals surface area contributed by atoms with E-state index in [-0.39, 0.29) is 11.8 Å². The Hall–Kier alpha value is -2.06. The fourth-order valence-electron chi connectivity index (χ4n) is 2.82. The third-order valence-electron chi connectivity index (χ3n) is 4.39. The summed E-state index contributed by atoms with van der Waals surface area (Å²) in [5.41, 5.74) is 6.82. The van der Waals surface area contributed by atoms with Gasteiger partial charge in [0.05, 0.1) is 13.2 Å². The number of esters is 1. The van der Waals surface area contributed by atoms with E-state index in [1.54, 1.807) is 11.8 Å². The van der Waals surface area contributed by atoms with Crippen LogP contribution in [0.25, 0.3) is 0 Å². The number of carbonyl (C=O) groups excluding carboxylic acids is 3. The first-order valence-corrected chi connectivity index (χ1v) is 11.1. The predicted octanol–water partition coefficient (Wildman–Crippen LogP) is 1.50. The molecule has 2 amide bonds. The Bertz CT molecular complexity index is 655. The smallest absolute Gasteiger partial charge is 0.328 e. The summed E-state index contributed by atoms with van der Waals surface area (Å²) >= 11 is 1.61. The van der Waals surface area contributed by atoms with Gasteiger partial charge in [-0.15, -0.1) is 0 Å². The summed E-state index contributed by atoms with van der Waals surface area (Å²) in [5, 5.41) is 5.48. The van der Waals surface area contributed by atoms with Crippen LogP contribution in [0, 0.1) is 5.92 Å². The number of carbonyl (C=O) groups is 3. The summed E-state index contributed by atoms with van der Waals surface area (Å²) in [6.45, 7) is 3.92. The summed E-state index contributed by atoms with van der Waals surface area (Å²) in [7, 11) is 1.28. The van der Waals surface area contributed by atoms with Gasteiger partial charge in [0, 0.05) is 6.42 Å². The second kappa shape index (κ2) is 13.2. The van der Waals surface area contributed by atoms with E-state index in [1.165, 1.54) is 7.11 Å². The number of amides is 2. The van der Waals surface area contributed by atoms with Gasteiger partial charge in [-0.1, -0.05) is 44.2 Å². The maximum Gasteiger partial charge on any atom is 0.328 e. The SMILES string of the molecule is COC(=O)[C@H](Cc1ccccc1)NC(=O)[C@H](CC(C)C)NC(=O)[C@H](N)CCSC. The lowest BCUT2D eigenvalue weighted by atomic mass is 10.0. The molecule has 0 aliphatic carbocycles. The van der Waals surface area contributed by atoms with Crippen molar-refractivity contribution in [3.05, 3.63) is 35.9 Å². The first-order valence-electron chi connectivity index (χ1n) is 9.75. The molecule has 0 saturated carbocycles. The highest BCUT2D eigenvalue weighted by Gasteiger charge is 2.29. The molecule has 0 aromatic heterocycles. The van der Waals surface area contributed by atoms with Crippen LogP contribution < -0.4 is 16.4 Å². The lowest BCUT2D eigenvalue weighted by Gasteiger charge is -2.24. The predicted molar refractivity (Wildman–Crippen MR) is 116 cm³/mol. The number of nitrogens with two attached hydrogens (primary N) is 1. The molecule has 0 aliphatic heterocycles. The van der Waals surface area contributed by atoms with E-state index in [0.29, 0.717) is 19.3 Å². The van der Waals surface area contributed by atoms with Gasteiger partial charge >= 0.3 is 5.97 Å². The third-order valence-corrected chi connectivity index (χ3v) is 5.04. The van der Waals surface area contributed by atoms with Gasteiger partial charge in [0.2, 0.25) is 11.8 Å². The van der Waals surface area contributed by atoms with E-state index in [0.717, 1.165) is 11.3 Å². The van der Waals surface area contributed by atoms with Gasteiger partial charge in [-0.3, -0.25) is 9.59 Å². The maximum atomic E-state index is 12.9. The number of hydrogen-bond donors (Lipinski definition) is 3. The van der Waals surface area contributed by atoms with Gasteiger partial charge in [0.1, 0.15) is 12.1 Å². The number of ether oxygens (including phenoxy) is 1. The minimum absolute atomic E-state index is 0.166. The Morgan fingerprint density at radius 2 is 1.69 bits per heavy atom. The number of benzene rings is 1. The van der Waals surface area contributed by atoms with Gasteiger partial charge in [-0.25, -0.2) is 4.79 Å². The molecule has 8 heteroatoms. The van der Waals surface area contributed by atoms with E-state index in [9.17, 15) is 14.4 Å². The maximum absolute atomic E-state index is 12.9. The molecule has 1 aromatic carbocycles. The highest BCUT2D eigenvalue weighted by molar-refractivity contribution is 7.98. The molecule has 0 heterocycles. The number of methoxy groups -OCH3 is 1. The van der Waals surface area contributed by atoms with Crippen LogP contribution in [0.2, 0.25) is 0 Å². The molecule has 7 nitrogen and oxygen atoms in total. The molecule has 0 aliphatic rings. The second-order valence-electron chi connectivity index (χ2n) is 7.35. The van der Waals surface area contributed by atoms with Crippen LogP contribution in [0.3, 0.4) is 0 Å². The second-order valence-corrected chi connectivity index (χ2v) is 8.34. The van der Waals surface area contributed by atoms with Crippen LogP contribution in [-0.4, -0.2) is 55.0 Å². The number of hydrogen-bond acceptors (Lipinski definition) is 6. The quantitative estimate of drug-likeness (QED) is 0.440. The number of nitrogens with one attached hydrogen (secondary N) is 2. The minimum Gasteiger partial charge on any atom is -0.467 e. The molecule has 0 unspecified atom stereocenters. The van der Waals surface area contributed by atoms with Gasteiger partial charge in [-0.05, 0) is 36.3 Å². The summed E-state index contributed by atoms with van der Waals surface area (Å²) < 4.78 is 4.85. The molecular formula is C21H33N3O4S. The van der Waals surface area contributed by atoms with Crippen molar-refractivity contribution in [3.8, 4) is 0 Å². The van der Waals surface area contributed by atoms with Crippen molar-refractivity contribution in [2.45, 2.75) is 51.2 Å². The molecule has 29 heavy (non-hydrogen) atoms. The highest BCUT2D eigenvalue weighted by atomic mass is 32.2. The Morgan fingerprint density at radius 1 is 1.07 bits per heavy atom. The largest absolute Gasteiger partial charge is 0.467 e. The van der Waals surface area contributed by atoms with E-state index in [2.05, 4.69) is 10.6 Å². The molecule has 3 atom stereocenters. The molecule has 0 bridgehead atoms. The molecule has 0 spiro atoms. The van der Waals surface area contributed by atoms with E-state index in [4.69, 9.17) is 10.5 Å². The molecule has 162 valence electrons. The lowest BCUT2D eigenvalue weighted by molar-refractivity contribution is -0.145. The Kier molecular flexibility index (Phi) is 11.4. The zero-order valence-electron chi connectivity index (χ0n) is 17.6. The standard InChI is InChI=1S/C21H33N3O4S/c1-14(2)12-17(23-19(25)16(22)10-11-29-4)20(26)24-18(21(27)28-3)13-15-8-6-5-7-9-15/h5-9,14,16-18H,10-13,22H2,1-4H3,(H,23,25)(H,24,26)/t16-,17+,18+/m1/s1. The molecule has 0 fully saturated rings. The van der Waals surface area contributed by atoms with Crippen LogP contribution in [0.5, 0.6) is 0 Å². The van der Waals surface area contributed by atoms with E-state index < -0.39 is 30.0 Å². The summed E-state index contributed by atoms with van der Waals surface area (Å²) in [4.78, 5) is 37.5. The fourth-order valence-corrected chi connectivity index (χ4v) is 3.30. The van der Waals surface area contributed by atoms with E-state index in [1.807, 2.05) is 50.4 Å². The zero-order chi connectivity index (χ0) is 21.8. The fraction of sp³-hybridized carbons (Fsp3) is 0.571. The molecule has 0 saturated heterocycles. The normalized spacial score (nSPS) is 14.0. The van der Waals surface area contributed by atoms with Crippen LogP contribution in [0.15, 0.2) is 30.3 Å². The van der Waals surface area contributed by atoms with Crippen LogP contribution in [-0.2, 0) is 25.5 Å². The first kappa shape index (κ1) is 25.0. The van der Waals surface area contributed by atoms with Crippen molar-refractivity contribution in [2.24, 2.45) is 11.7 Å². The van der Waals surface area contributed by atoms with Gasteiger partial charge < -0.3 is 21.1 Å². The monoisotopic (exact) mass is 423 g/mol. The van der Waals surface area contributed by atoms with Gasteiger partial charge in [-0.2, -0.15) is 11.8 Å². The zero-order valence-corrected chi connectivity index (χ0v) is 18.5. The first-order chi connectivity index (χ1) is 13.8. The van der Waals surface area contributed by atoms with Crippen molar-refractivity contribution in [2.75, 3.05) is 19.1 Å². The summed E-state index contributed by atoms with van der Waals surface area (Å²) in [6.07, 6.45) is 3.21. The van der Waals surface area contributed by atoms with Crippen molar-refractivity contribution in [1.29, 1.82) is 0 Å². The van der Waals surface area contributed by atoms with Crippen LogP contribution in [0.1, 0.15) is 32.3 Å².